The average Bonchev–Trinajstić information content (AvgIpc) is 2.88. The lowest BCUT2D eigenvalue weighted by Crippen LogP contribution is -2.42. The first-order valence-corrected chi connectivity index (χ1v) is 13.0. The lowest BCUT2D eigenvalue weighted by molar-refractivity contribution is 0.0908. The number of carbonyl (C=O) groups excluding carboxylic acids is 2. The van der Waals surface area contributed by atoms with Crippen molar-refractivity contribution < 1.29 is 14.3 Å². The number of piperidine rings is 1. The van der Waals surface area contributed by atoms with E-state index in [1.165, 1.54) is 12.8 Å². The standard InChI is InChI=1S/C30H31N3O3/c1-18-10-11-22-24(15-18)36-25-16-23(31-12-6-14-33-13-5-7-19(2)17-33)26-27(28(25)32-22)30(35)21-9-4-3-8-20(21)29(26)34/h3-4,8-11,15-16,19,27,31H,5-7,12-14,17H2,1-2H3/t19-,27?/m0/s1. The number of carbonyl (C=O) groups is 2. The van der Waals surface area contributed by atoms with E-state index in [1.807, 2.05) is 37.3 Å². The van der Waals surface area contributed by atoms with Crippen LogP contribution in [0.15, 0.2) is 70.6 Å². The van der Waals surface area contributed by atoms with Crippen molar-refractivity contribution in [1.29, 1.82) is 0 Å². The first kappa shape index (κ1) is 22.9. The van der Waals surface area contributed by atoms with Gasteiger partial charge in [0.1, 0.15) is 5.69 Å². The van der Waals surface area contributed by atoms with E-state index >= 15 is 0 Å². The second-order valence-electron chi connectivity index (χ2n) is 10.4. The third-order valence-electron chi connectivity index (χ3n) is 7.61. The monoisotopic (exact) mass is 481 g/mol. The molecule has 0 bridgehead atoms. The van der Waals surface area contributed by atoms with Gasteiger partial charge in [0.2, 0.25) is 0 Å². The zero-order valence-corrected chi connectivity index (χ0v) is 20.8. The Hall–Kier alpha value is -3.51. The molecule has 1 fully saturated rings. The van der Waals surface area contributed by atoms with E-state index < -0.39 is 5.92 Å². The summed E-state index contributed by atoms with van der Waals surface area (Å²) in [5.41, 5.74) is 4.33. The fourth-order valence-corrected chi connectivity index (χ4v) is 5.83. The number of nitrogens with one attached hydrogen (secondary N) is 1. The van der Waals surface area contributed by atoms with E-state index in [9.17, 15) is 9.59 Å². The number of rotatable bonds is 5. The molecule has 0 aromatic heterocycles. The number of Topliss-reactive ketones (excluding diaryl/α,β-unsaturated/α-hetero) is 2. The fraction of sp³-hybridized carbons (Fsp3) is 0.367. The van der Waals surface area contributed by atoms with Crippen molar-refractivity contribution in [1.82, 2.24) is 10.2 Å². The zero-order valence-electron chi connectivity index (χ0n) is 20.8. The molecule has 0 radical (unpaired) electrons. The maximum atomic E-state index is 13.7. The number of ether oxygens (including phenoxy) is 1. The van der Waals surface area contributed by atoms with Crippen molar-refractivity contribution >= 4 is 23.0 Å². The molecule has 2 atom stereocenters. The lowest BCUT2D eigenvalue weighted by atomic mass is 9.72. The number of benzene rings is 2. The minimum Gasteiger partial charge on any atom is -0.453 e. The second-order valence-corrected chi connectivity index (χ2v) is 10.4. The summed E-state index contributed by atoms with van der Waals surface area (Å²) in [6, 6.07) is 12.9. The summed E-state index contributed by atoms with van der Waals surface area (Å²) < 4.78 is 6.27. The molecule has 6 rings (SSSR count). The number of aliphatic imine (C=N–C) groups is 1. The van der Waals surface area contributed by atoms with Crippen LogP contribution in [-0.2, 0) is 0 Å². The number of nitrogens with zero attached hydrogens (tertiary/aromatic N) is 2. The molecule has 2 heterocycles. The average molecular weight is 482 g/mol. The van der Waals surface area contributed by atoms with Gasteiger partial charge in [0, 0.05) is 41.6 Å². The smallest absolute Gasteiger partial charge is 0.192 e. The van der Waals surface area contributed by atoms with Gasteiger partial charge in [-0.25, -0.2) is 4.99 Å². The Morgan fingerprint density at radius 1 is 1.14 bits per heavy atom. The summed E-state index contributed by atoms with van der Waals surface area (Å²) in [6.45, 7) is 8.36. The minimum absolute atomic E-state index is 0.106. The van der Waals surface area contributed by atoms with Gasteiger partial charge in [0.15, 0.2) is 23.1 Å². The van der Waals surface area contributed by atoms with Crippen LogP contribution in [0.5, 0.6) is 5.75 Å². The van der Waals surface area contributed by atoms with Crippen molar-refractivity contribution in [3.63, 3.8) is 0 Å². The van der Waals surface area contributed by atoms with Crippen LogP contribution in [-0.4, -0.2) is 48.4 Å². The highest BCUT2D eigenvalue weighted by Gasteiger charge is 2.46. The molecule has 2 aliphatic heterocycles. The number of aryl methyl sites for hydroxylation is 1. The first-order chi connectivity index (χ1) is 17.5. The number of fused-ring (bicyclic) bond motifs is 5. The van der Waals surface area contributed by atoms with Crippen LogP contribution in [0.3, 0.4) is 0 Å². The highest BCUT2D eigenvalue weighted by Crippen LogP contribution is 2.43. The Labute approximate surface area is 211 Å². The molecule has 2 aromatic rings. The molecule has 2 aromatic carbocycles. The van der Waals surface area contributed by atoms with Crippen LogP contribution >= 0.6 is 0 Å². The first-order valence-electron chi connectivity index (χ1n) is 13.0. The van der Waals surface area contributed by atoms with Gasteiger partial charge in [-0.2, -0.15) is 0 Å². The summed E-state index contributed by atoms with van der Waals surface area (Å²) >= 11 is 0. The Morgan fingerprint density at radius 2 is 1.97 bits per heavy atom. The topological polar surface area (TPSA) is 71.0 Å². The molecule has 0 saturated carbocycles. The molecule has 1 unspecified atom stereocenters. The minimum atomic E-state index is -0.771. The molecule has 6 heteroatoms. The van der Waals surface area contributed by atoms with Gasteiger partial charge in [-0.15, -0.1) is 0 Å². The third kappa shape index (κ3) is 3.99. The van der Waals surface area contributed by atoms with Crippen LogP contribution in [0.2, 0.25) is 0 Å². The number of ketones is 2. The number of hydrogen-bond donors (Lipinski definition) is 1. The molecule has 36 heavy (non-hydrogen) atoms. The molecular formula is C30H31N3O3. The highest BCUT2D eigenvalue weighted by atomic mass is 16.5. The third-order valence-corrected chi connectivity index (χ3v) is 7.61. The lowest BCUT2D eigenvalue weighted by Gasteiger charge is -2.34. The van der Waals surface area contributed by atoms with Crippen molar-refractivity contribution in [2.75, 3.05) is 26.2 Å². The Morgan fingerprint density at radius 3 is 2.81 bits per heavy atom. The fourth-order valence-electron chi connectivity index (χ4n) is 5.83. The van der Waals surface area contributed by atoms with E-state index in [0.717, 1.165) is 37.5 Å². The molecule has 0 spiro atoms. The molecule has 0 amide bonds. The zero-order chi connectivity index (χ0) is 24.8. The molecule has 2 aliphatic carbocycles. The Bertz CT molecular complexity index is 1350. The van der Waals surface area contributed by atoms with Gasteiger partial charge >= 0.3 is 0 Å². The Kier molecular flexibility index (Phi) is 5.84. The number of likely N-dealkylation sites (tertiary alicyclic amines) is 1. The summed E-state index contributed by atoms with van der Waals surface area (Å²) in [5, 5.41) is 3.49. The molecule has 4 aliphatic rings. The molecule has 6 nitrogen and oxygen atoms in total. The second kappa shape index (κ2) is 9.17. The summed E-state index contributed by atoms with van der Waals surface area (Å²) in [5.74, 6) is 0.962. The van der Waals surface area contributed by atoms with Crippen molar-refractivity contribution in [2.24, 2.45) is 16.8 Å². The van der Waals surface area contributed by atoms with Crippen LogP contribution in [0.4, 0.5) is 5.69 Å². The van der Waals surface area contributed by atoms with Crippen LogP contribution in [0, 0.1) is 18.8 Å². The van der Waals surface area contributed by atoms with E-state index in [-0.39, 0.29) is 11.6 Å². The van der Waals surface area contributed by atoms with Gasteiger partial charge in [-0.3, -0.25) is 9.59 Å². The molecule has 1 saturated heterocycles. The quantitative estimate of drug-likeness (QED) is 0.608. The predicted octanol–water partition coefficient (Wildman–Crippen LogP) is 5.02. The van der Waals surface area contributed by atoms with Crippen LogP contribution in [0.25, 0.3) is 0 Å². The molecule has 184 valence electrons. The highest BCUT2D eigenvalue weighted by molar-refractivity contribution is 6.33. The largest absolute Gasteiger partial charge is 0.453 e. The van der Waals surface area contributed by atoms with Gasteiger partial charge in [-0.05, 0) is 62.9 Å². The van der Waals surface area contributed by atoms with E-state index in [0.29, 0.717) is 51.8 Å². The number of hydrogen-bond acceptors (Lipinski definition) is 6. The molecule has 1 N–H and O–H groups in total. The van der Waals surface area contributed by atoms with Gasteiger partial charge in [0.25, 0.3) is 0 Å². The SMILES string of the molecule is Cc1ccc2c(c1)OC1=CC(NCCCN3CCC[C@H](C)C3)=C3C(=O)c4ccccc4C(=O)C3C1=N2. The Balaban J connectivity index is 1.34. The maximum Gasteiger partial charge on any atom is 0.192 e. The molecular weight excluding hydrogens is 450 g/mol. The van der Waals surface area contributed by atoms with Crippen molar-refractivity contribution in [3.05, 3.63) is 82.3 Å². The van der Waals surface area contributed by atoms with Crippen LogP contribution in [0.1, 0.15) is 52.5 Å². The van der Waals surface area contributed by atoms with Gasteiger partial charge < -0.3 is 15.0 Å². The summed E-state index contributed by atoms with van der Waals surface area (Å²) in [6.07, 6.45) is 5.39. The normalized spacial score (nSPS) is 23.1. The van der Waals surface area contributed by atoms with Crippen LogP contribution < -0.4 is 10.1 Å². The van der Waals surface area contributed by atoms with Crippen molar-refractivity contribution in [2.45, 2.75) is 33.1 Å². The van der Waals surface area contributed by atoms with E-state index in [4.69, 9.17) is 9.73 Å². The van der Waals surface area contributed by atoms with E-state index in [2.05, 4.69) is 17.1 Å². The van der Waals surface area contributed by atoms with E-state index in [1.54, 1.807) is 18.2 Å². The van der Waals surface area contributed by atoms with Gasteiger partial charge in [-0.1, -0.05) is 37.3 Å². The van der Waals surface area contributed by atoms with Crippen molar-refractivity contribution in [3.8, 4) is 5.75 Å². The number of allylic oxidation sites excluding steroid dienone is 3. The predicted molar refractivity (Wildman–Crippen MR) is 140 cm³/mol. The van der Waals surface area contributed by atoms with Gasteiger partial charge in [0.05, 0.1) is 11.6 Å². The summed E-state index contributed by atoms with van der Waals surface area (Å²) in [4.78, 5) is 34.8. The summed E-state index contributed by atoms with van der Waals surface area (Å²) in [7, 11) is 0. The maximum absolute atomic E-state index is 13.7.